The van der Waals surface area contributed by atoms with Gasteiger partial charge >= 0.3 is 0 Å². The first-order chi connectivity index (χ1) is 28.7. The number of rotatable bonds is 5. The van der Waals surface area contributed by atoms with E-state index in [4.69, 9.17) is 0 Å². The fourth-order valence-corrected chi connectivity index (χ4v) is 13.5. The second kappa shape index (κ2) is 12.8. The van der Waals surface area contributed by atoms with Crippen molar-refractivity contribution in [3.8, 4) is 33.4 Å². The molecular formula is C58H55N. The summed E-state index contributed by atoms with van der Waals surface area (Å²) in [5.41, 5.74) is 18.3. The second-order valence-electron chi connectivity index (χ2n) is 20.4. The molecule has 292 valence electrons. The molecule has 1 heteroatoms. The zero-order valence-electron chi connectivity index (χ0n) is 35.1. The molecule has 0 aliphatic heterocycles. The molecule has 59 heavy (non-hydrogen) atoms. The van der Waals surface area contributed by atoms with Crippen molar-refractivity contribution in [3.05, 3.63) is 174 Å². The Morgan fingerprint density at radius 3 is 1.78 bits per heavy atom. The van der Waals surface area contributed by atoms with Crippen LogP contribution in [0.2, 0.25) is 0 Å². The van der Waals surface area contributed by atoms with Gasteiger partial charge in [0.15, 0.2) is 0 Å². The molecule has 0 saturated heterocycles. The third-order valence-electron chi connectivity index (χ3n) is 16.3. The highest BCUT2D eigenvalue weighted by atomic mass is 15.1. The highest BCUT2D eigenvalue weighted by molar-refractivity contribution is 5.96. The van der Waals surface area contributed by atoms with Gasteiger partial charge in [-0.3, -0.25) is 0 Å². The first-order valence-electron chi connectivity index (χ1n) is 22.6. The maximum atomic E-state index is 2.71. The molecule has 13 rings (SSSR count). The highest BCUT2D eigenvalue weighted by Crippen LogP contribution is 2.70. The zero-order chi connectivity index (χ0) is 39.7. The molecule has 0 unspecified atom stereocenters. The van der Waals surface area contributed by atoms with E-state index in [1.807, 2.05) is 0 Å². The number of anilines is 3. The fourth-order valence-electron chi connectivity index (χ4n) is 13.5. The van der Waals surface area contributed by atoms with E-state index in [0.29, 0.717) is 11.8 Å². The Hall–Kier alpha value is -5.40. The van der Waals surface area contributed by atoms with Crippen molar-refractivity contribution in [3.63, 3.8) is 0 Å². The van der Waals surface area contributed by atoms with Crippen LogP contribution in [0.15, 0.2) is 152 Å². The molecule has 7 aromatic rings. The fraction of sp³-hybridized carbons (Fsp3) is 0.310. The lowest BCUT2D eigenvalue weighted by Gasteiger charge is -2.61. The van der Waals surface area contributed by atoms with Gasteiger partial charge in [0.2, 0.25) is 0 Å². The quantitative estimate of drug-likeness (QED) is 0.169. The molecule has 0 atom stereocenters. The lowest BCUT2D eigenvalue weighted by Crippen LogP contribution is -2.55. The summed E-state index contributed by atoms with van der Waals surface area (Å²) in [4.78, 5) is 2.64. The molecule has 4 fully saturated rings. The molecule has 6 aliphatic carbocycles. The predicted octanol–water partition coefficient (Wildman–Crippen LogP) is 15.7. The molecular weight excluding hydrogens is 711 g/mol. The summed E-state index contributed by atoms with van der Waals surface area (Å²) in [5.74, 6) is 3.22. The topological polar surface area (TPSA) is 3.24 Å². The molecule has 1 nitrogen and oxygen atoms in total. The van der Waals surface area contributed by atoms with Crippen molar-refractivity contribution in [1.29, 1.82) is 0 Å². The van der Waals surface area contributed by atoms with Gasteiger partial charge < -0.3 is 4.90 Å². The van der Waals surface area contributed by atoms with Crippen LogP contribution >= 0.6 is 0 Å². The maximum Gasteiger partial charge on any atom is 0.0543 e. The smallest absolute Gasteiger partial charge is 0.0543 e. The summed E-state index contributed by atoms with van der Waals surface area (Å²) in [5, 5.41) is 2.56. The van der Waals surface area contributed by atoms with Crippen LogP contribution in [0.3, 0.4) is 0 Å². The van der Waals surface area contributed by atoms with Crippen molar-refractivity contribution < 1.29 is 0 Å². The molecule has 0 amide bonds. The van der Waals surface area contributed by atoms with Gasteiger partial charge in [-0.2, -0.15) is 0 Å². The Bertz CT molecular complexity index is 2760. The third kappa shape index (κ3) is 5.29. The molecule has 0 heterocycles. The van der Waals surface area contributed by atoms with E-state index in [1.54, 1.807) is 11.1 Å². The van der Waals surface area contributed by atoms with Gasteiger partial charge in [-0.15, -0.1) is 0 Å². The summed E-state index contributed by atoms with van der Waals surface area (Å²) in [6.45, 7) is 9.82. The van der Waals surface area contributed by atoms with E-state index in [-0.39, 0.29) is 16.2 Å². The second-order valence-corrected chi connectivity index (χ2v) is 20.4. The minimum atomic E-state index is 0.0802. The normalized spacial score (nSPS) is 25.2. The average molecular weight is 766 g/mol. The van der Waals surface area contributed by atoms with E-state index in [2.05, 4.69) is 184 Å². The van der Waals surface area contributed by atoms with Crippen molar-refractivity contribution in [2.45, 2.75) is 88.9 Å². The molecule has 0 aromatic heterocycles. The standard InChI is InChI=1S/C58H55N/c1-56(2)26-27-57(3,4)54-34-47(24-25-52(54)56)59(46-22-20-40(21-23-46)43-19-18-39-12-8-9-15-42(39)33-43)55-36-53-50(35-49(55)41-13-6-5-7-14-41)48-16-10-11-17-51(48)58(53)44-29-37-28-38(31-44)32-45(58)30-37/h5-25,33-38,44-45H,26-32H2,1-4H3. The molecule has 6 aliphatic rings. The lowest BCUT2D eigenvalue weighted by molar-refractivity contribution is -0.0399. The number of hydrogen-bond donors (Lipinski definition) is 0. The molecule has 4 bridgehead atoms. The minimum absolute atomic E-state index is 0.0802. The van der Waals surface area contributed by atoms with Gasteiger partial charge in [0.25, 0.3) is 0 Å². The van der Waals surface area contributed by atoms with Crippen molar-refractivity contribution in [2.24, 2.45) is 23.7 Å². The Balaban J connectivity index is 1.11. The predicted molar refractivity (Wildman–Crippen MR) is 248 cm³/mol. The van der Waals surface area contributed by atoms with Gasteiger partial charge in [0, 0.05) is 22.4 Å². The number of benzene rings is 7. The van der Waals surface area contributed by atoms with E-state index in [1.165, 1.54) is 117 Å². The maximum absolute atomic E-state index is 2.71. The summed E-state index contributed by atoms with van der Waals surface area (Å²) in [6, 6.07) is 58.7. The van der Waals surface area contributed by atoms with Crippen LogP contribution in [-0.2, 0) is 16.2 Å². The molecule has 4 saturated carbocycles. The van der Waals surface area contributed by atoms with Gasteiger partial charge in [-0.25, -0.2) is 0 Å². The van der Waals surface area contributed by atoms with Gasteiger partial charge in [0.05, 0.1) is 5.69 Å². The van der Waals surface area contributed by atoms with Gasteiger partial charge in [0.1, 0.15) is 0 Å². The number of fused-ring (bicyclic) bond motifs is 5. The van der Waals surface area contributed by atoms with Crippen LogP contribution in [0.25, 0.3) is 44.2 Å². The van der Waals surface area contributed by atoms with E-state index in [0.717, 1.165) is 11.8 Å². The van der Waals surface area contributed by atoms with Gasteiger partial charge in [-0.1, -0.05) is 137 Å². The molecule has 0 N–H and O–H groups in total. The van der Waals surface area contributed by atoms with Crippen LogP contribution in [0.1, 0.15) is 94.9 Å². The van der Waals surface area contributed by atoms with Gasteiger partial charge in [-0.05, 0) is 183 Å². The minimum Gasteiger partial charge on any atom is -0.310 e. The lowest BCUT2D eigenvalue weighted by atomic mass is 9.43. The van der Waals surface area contributed by atoms with Crippen LogP contribution in [-0.4, -0.2) is 0 Å². The Kier molecular flexibility index (Phi) is 7.71. The first kappa shape index (κ1) is 35.5. The molecule has 7 aromatic carbocycles. The monoisotopic (exact) mass is 765 g/mol. The first-order valence-corrected chi connectivity index (χ1v) is 22.6. The van der Waals surface area contributed by atoms with Crippen LogP contribution in [0.4, 0.5) is 17.1 Å². The number of nitrogens with zero attached hydrogens (tertiary/aromatic N) is 1. The van der Waals surface area contributed by atoms with Crippen LogP contribution in [0.5, 0.6) is 0 Å². The van der Waals surface area contributed by atoms with Crippen molar-refractivity contribution in [2.75, 3.05) is 4.90 Å². The SMILES string of the molecule is CC1(C)CCC(C)(C)c2cc(N(c3ccc(-c4ccc5ccccc5c4)cc3)c3cc4c(cc3-c3ccccc3)-c3ccccc3C43C4CC5CC(C4)CC3C5)ccc21. The summed E-state index contributed by atoms with van der Waals surface area (Å²) < 4.78 is 0. The molecule has 1 spiro atoms. The molecule has 0 radical (unpaired) electrons. The van der Waals surface area contributed by atoms with E-state index in [9.17, 15) is 0 Å². The van der Waals surface area contributed by atoms with Crippen LogP contribution in [0, 0.1) is 23.7 Å². The Morgan fingerprint density at radius 1 is 0.407 bits per heavy atom. The van der Waals surface area contributed by atoms with Crippen molar-refractivity contribution >= 4 is 27.8 Å². The number of hydrogen-bond acceptors (Lipinski definition) is 1. The zero-order valence-corrected chi connectivity index (χ0v) is 35.1. The highest BCUT2D eigenvalue weighted by Gasteiger charge is 2.61. The Morgan fingerprint density at radius 2 is 1.03 bits per heavy atom. The average Bonchev–Trinajstić information content (AvgIpc) is 3.54. The largest absolute Gasteiger partial charge is 0.310 e. The van der Waals surface area contributed by atoms with Crippen LogP contribution < -0.4 is 4.90 Å². The summed E-state index contributed by atoms with van der Waals surface area (Å²) in [6.07, 6.45) is 9.39. The van der Waals surface area contributed by atoms with E-state index < -0.39 is 0 Å². The Labute approximate surface area is 351 Å². The van der Waals surface area contributed by atoms with Crippen molar-refractivity contribution in [1.82, 2.24) is 0 Å². The summed E-state index contributed by atoms with van der Waals surface area (Å²) in [7, 11) is 0. The summed E-state index contributed by atoms with van der Waals surface area (Å²) >= 11 is 0. The third-order valence-corrected chi connectivity index (χ3v) is 16.3. The van der Waals surface area contributed by atoms with E-state index >= 15 is 0 Å².